The minimum Gasteiger partial charge on any atom is -0.456 e. The largest absolute Gasteiger partial charge is 0.456 e. The van der Waals surface area contributed by atoms with Crippen LogP contribution in [-0.4, -0.2) is 55.6 Å². The van der Waals surface area contributed by atoms with E-state index < -0.39 is 0 Å². The molecule has 2 atom stereocenters. The summed E-state index contributed by atoms with van der Waals surface area (Å²) in [6.07, 6.45) is 7.62. The van der Waals surface area contributed by atoms with E-state index in [4.69, 9.17) is 10.5 Å². The first-order valence-electron chi connectivity index (χ1n) is 10.9. The number of aromatic nitrogens is 4. The molecule has 0 aromatic carbocycles. The number of piperidine rings is 1. The Balaban J connectivity index is 1.32. The molecule has 0 radical (unpaired) electrons. The SMILES string of the molecule is Cc1nc2nc(N)nn2c(C)c1CCC(=O)OCC(=O)N1CCC[C@H]2CCCC[C@@H]21. The van der Waals surface area contributed by atoms with E-state index in [1.165, 1.54) is 25.7 Å². The maximum atomic E-state index is 12.7. The fourth-order valence-electron chi connectivity index (χ4n) is 5.04. The first-order chi connectivity index (χ1) is 14.4. The van der Waals surface area contributed by atoms with Crippen LogP contribution in [0, 0.1) is 19.8 Å². The molecule has 0 bridgehead atoms. The maximum Gasteiger partial charge on any atom is 0.306 e. The van der Waals surface area contributed by atoms with E-state index in [1.54, 1.807) is 4.52 Å². The molecule has 2 aromatic heterocycles. The topological polar surface area (TPSA) is 116 Å². The fourth-order valence-corrected chi connectivity index (χ4v) is 5.04. The number of nitrogen functional groups attached to an aromatic ring is 1. The van der Waals surface area contributed by atoms with Crippen LogP contribution in [0.15, 0.2) is 0 Å². The van der Waals surface area contributed by atoms with Gasteiger partial charge in [-0.2, -0.15) is 9.50 Å². The Bertz CT molecular complexity index is 954. The highest BCUT2D eigenvalue weighted by molar-refractivity contribution is 5.81. The van der Waals surface area contributed by atoms with Crippen molar-refractivity contribution in [2.24, 2.45) is 5.92 Å². The monoisotopic (exact) mass is 414 g/mol. The van der Waals surface area contributed by atoms with Crippen LogP contribution in [-0.2, 0) is 20.7 Å². The van der Waals surface area contributed by atoms with Crippen LogP contribution >= 0.6 is 0 Å². The van der Waals surface area contributed by atoms with E-state index >= 15 is 0 Å². The van der Waals surface area contributed by atoms with Crippen LogP contribution in [0.1, 0.15) is 61.9 Å². The number of rotatable bonds is 5. The van der Waals surface area contributed by atoms with Gasteiger partial charge in [-0.15, -0.1) is 5.10 Å². The molecule has 30 heavy (non-hydrogen) atoms. The number of hydrogen-bond donors (Lipinski definition) is 1. The van der Waals surface area contributed by atoms with Crippen molar-refractivity contribution >= 4 is 23.6 Å². The lowest BCUT2D eigenvalue weighted by Crippen LogP contribution is -2.50. The molecule has 162 valence electrons. The van der Waals surface area contributed by atoms with Crippen LogP contribution in [0.2, 0.25) is 0 Å². The fraction of sp³-hybridized carbons (Fsp3) is 0.667. The number of nitrogens with two attached hydrogens (primary N) is 1. The van der Waals surface area contributed by atoms with E-state index in [0.29, 0.717) is 24.2 Å². The Morgan fingerprint density at radius 1 is 1.13 bits per heavy atom. The summed E-state index contributed by atoms with van der Waals surface area (Å²) in [5.41, 5.74) is 8.21. The highest BCUT2D eigenvalue weighted by atomic mass is 16.5. The van der Waals surface area contributed by atoms with Gasteiger partial charge in [0.25, 0.3) is 11.7 Å². The number of hydrogen-bond acceptors (Lipinski definition) is 7. The van der Waals surface area contributed by atoms with E-state index in [1.807, 2.05) is 18.7 Å². The van der Waals surface area contributed by atoms with Crippen LogP contribution in [0.4, 0.5) is 5.95 Å². The highest BCUT2D eigenvalue weighted by Gasteiger charge is 2.35. The predicted molar refractivity (Wildman–Crippen MR) is 111 cm³/mol. The third-order valence-electron chi connectivity index (χ3n) is 6.56. The van der Waals surface area contributed by atoms with Gasteiger partial charge >= 0.3 is 5.97 Å². The van der Waals surface area contributed by atoms with Crippen molar-refractivity contribution in [1.29, 1.82) is 0 Å². The molecule has 2 N–H and O–H groups in total. The van der Waals surface area contributed by atoms with Crippen LogP contribution < -0.4 is 5.73 Å². The van der Waals surface area contributed by atoms with Crippen molar-refractivity contribution in [3.8, 4) is 0 Å². The number of anilines is 1. The van der Waals surface area contributed by atoms with Crippen molar-refractivity contribution in [1.82, 2.24) is 24.5 Å². The molecule has 0 spiro atoms. The first-order valence-corrected chi connectivity index (χ1v) is 10.9. The number of carbonyl (C=O) groups excluding carboxylic acids is 2. The summed E-state index contributed by atoms with van der Waals surface area (Å²) < 4.78 is 6.91. The van der Waals surface area contributed by atoms with Gasteiger partial charge < -0.3 is 15.4 Å². The zero-order chi connectivity index (χ0) is 21.3. The first kappa shape index (κ1) is 20.6. The van der Waals surface area contributed by atoms with Gasteiger partial charge in [0.1, 0.15) is 0 Å². The number of esters is 1. The third kappa shape index (κ3) is 4.11. The van der Waals surface area contributed by atoms with Gasteiger partial charge in [-0.3, -0.25) is 9.59 Å². The number of nitrogens with zero attached hydrogens (tertiary/aromatic N) is 5. The molecule has 0 unspecified atom stereocenters. The van der Waals surface area contributed by atoms with Gasteiger partial charge in [-0.1, -0.05) is 12.8 Å². The minimum atomic E-state index is -0.377. The van der Waals surface area contributed by atoms with Crippen LogP contribution in [0.5, 0.6) is 0 Å². The van der Waals surface area contributed by atoms with Crippen LogP contribution in [0.25, 0.3) is 5.78 Å². The summed E-state index contributed by atoms with van der Waals surface area (Å²) in [6, 6.07) is 0.330. The summed E-state index contributed by atoms with van der Waals surface area (Å²) >= 11 is 0. The smallest absolute Gasteiger partial charge is 0.306 e. The Labute approximate surface area is 176 Å². The Morgan fingerprint density at radius 3 is 2.73 bits per heavy atom. The number of ether oxygens (including phenoxy) is 1. The molecule has 1 saturated carbocycles. The van der Waals surface area contributed by atoms with Gasteiger partial charge in [-0.05, 0) is 57.4 Å². The number of likely N-dealkylation sites (tertiary alicyclic amines) is 1. The normalized spacial score (nSPS) is 21.5. The summed E-state index contributed by atoms with van der Waals surface area (Å²) in [4.78, 5) is 35.4. The van der Waals surface area contributed by atoms with Gasteiger partial charge in [0.15, 0.2) is 6.61 Å². The third-order valence-corrected chi connectivity index (χ3v) is 6.56. The number of carbonyl (C=O) groups is 2. The van der Waals surface area contributed by atoms with E-state index in [9.17, 15) is 9.59 Å². The Hall–Kier alpha value is -2.71. The second-order valence-electron chi connectivity index (χ2n) is 8.44. The number of fused-ring (bicyclic) bond motifs is 2. The predicted octanol–water partition coefficient (Wildman–Crippen LogP) is 1.98. The molecule has 3 heterocycles. The van der Waals surface area contributed by atoms with Gasteiger partial charge in [-0.25, -0.2) is 4.98 Å². The number of amides is 1. The van der Waals surface area contributed by atoms with Crippen molar-refractivity contribution in [3.63, 3.8) is 0 Å². The van der Waals surface area contributed by atoms with E-state index in [0.717, 1.165) is 36.3 Å². The van der Waals surface area contributed by atoms with Gasteiger partial charge in [0.2, 0.25) is 5.95 Å². The van der Waals surface area contributed by atoms with E-state index in [-0.39, 0.29) is 30.9 Å². The Kier molecular flexibility index (Phi) is 5.87. The molecule has 1 aliphatic heterocycles. The molecular formula is C21H30N6O3. The summed E-state index contributed by atoms with van der Waals surface area (Å²) in [5.74, 6) is 0.789. The maximum absolute atomic E-state index is 12.7. The van der Waals surface area contributed by atoms with Gasteiger partial charge in [0, 0.05) is 30.4 Å². The van der Waals surface area contributed by atoms with Crippen molar-refractivity contribution in [2.75, 3.05) is 18.9 Å². The molecule has 2 fully saturated rings. The molecule has 2 aliphatic rings. The van der Waals surface area contributed by atoms with E-state index in [2.05, 4.69) is 15.1 Å². The van der Waals surface area contributed by atoms with Crippen LogP contribution in [0.3, 0.4) is 0 Å². The lowest BCUT2D eigenvalue weighted by atomic mass is 9.78. The average Bonchev–Trinajstić information content (AvgIpc) is 3.11. The summed E-state index contributed by atoms with van der Waals surface area (Å²) in [7, 11) is 0. The van der Waals surface area contributed by atoms with Gasteiger partial charge in [0.05, 0.1) is 0 Å². The van der Waals surface area contributed by atoms with Crippen molar-refractivity contribution < 1.29 is 14.3 Å². The zero-order valence-electron chi connectivity index (χ0n) is 17.8. The molecule has 1 aliphatic carbocycles. The summed E-state index contributed by atoms with van der Waals surface area (Å²) in [6.45, 7) is 4.38. The molecule has 1 saturated heterocycles. The molecule has 9 nitrogen and oxygen atoms in total. The number of aryl methyl sites for hydroxylation is 2. The molecule has 9 heteroatoms. The quantitative estimate of drug-likeness (QED) is 0.744. The lowest BCUT2D eigenvalue weighted by molar-refractivity contribution is -0.154. The second-order valence-corrected chi connectivity index (χ2v) is 8.44. The average molecular weight is 415 g/mol. The highest BCUT2D eigenvalue weighted by Crippen LogP contribution is 2.35. The van der Waals surface area contributed by atoms with Crippen molar-refractivity contribution in [3.05, 3.63) is 17.0 Å². The molecule has 4 rings (SSSR count). The molecular weight excluding hydrogens is 384 g/mol. The second kappa shape index (κ2) is 8.57. The molecule has 1 amide bonds. The standard InChI is InChI=1S/C21H30N6O3/c1-13-16(14(2)27-21(23-13)24-20(22)25-27)9-10-19(29)30-12-18(28)26-11-5-7-15-6-3-4-8-17(15)26/h15,17H,3-12H2,1-2H3,(H2,22,25)/t15-,17+/m1/s1. The summed E-state index contributed by atoms with van der Waals surface area (Å²) in [5, 5.41) is 4.14. The zero-order valence-corrected chi connectivity index (χ0v) is 17.8. The molecule has 2 aromatic rings. The minimum absolute atomic E-state index is 0.0616. The van der Waals surface area contributed by atoms with Crippen molar-refractivity contribution in [2.45, 2.75) is 71.3 Å². The lowest BCUT2D eigenvalue weighted by Gasteiger charge is -2.44. The Morgan fingerprint density at radius 2 is 1.90 bits per heavy atom.